The molecular weight excluding hydrogens is 289 g/mol. The third kappa shape index (κ3) is 4.45. The highest BCUT2D eigenvalue weighted by Gasteiger charge is 2.32. The van der Waals surface area contributed by atoms with Crippen molar-refractivity contribution in [1.29, 1.82) is 0 Å². The molecule has 0 saturated carbocycles. The number of nitrogens with one attached hydrogen (secondary N) is 1. The number of hydrogen-bond acceptors (Lipinski definition) is 3. The minimum Gasteiger partial charge on any atom is -0.478 e. The molecule has 4 N–H and O–H groups in total. The van der Waals surface area contributed by atoms with Crippen LogP contribution in [0.2, 0.25) is 0 Å². The molecule has 0 radical (unpaired) electrons. The van der Waals surface area contributed by atoms with Crippen molar-refractivity contribution < 1.29 is 27.9 Å². The Labute approximate surface area is 118 Å². The summed E-state index contributed by atoms with van der Waals surface area (Å²) in [5.74, 6) is -2.52. The third-order valence-corrected chi connectivity index (χ3v) is 2.88. The Morgan fingerprint density at radius 3 is 2.48 bits per heavy atom. The summed E-state index contributed by atoms with van der Waals surface area (Å²) in [6.07, 6.45) is -4.27. The molecular formula is C13H15F3N2O3. The van der Waals surface area contributed by atoms with E-state index in [2.05, 4.69) is 5.32 Å². The summed E-state index contributed by atoms with van der Waals surface area (Å²) in [7, 11) is 0. The van der Waals surface area contributed by atoms with E-state index in [0.717, 1.165) is 12.1 Å². The van der Waals surface area contributed by atoms with Crippen molar-refractivity contribution in [3.05, 3.63) is 29.3 Å². The lowest BCUT2D eigenvalue weighted by Gasteiger charge is -2.14. The average Bonchev–Trinajstić information content (AvgIpc) is 2.37. The number of carbonyl (C=O) groups excluding carboxylic acids is 1. The van der Waals surface area contributed by atoms with Crippen LogP contribution in [0.3, 0.4) is 0 Å². The number of alkyl halides is 3. The van der Waals surface area contributed by atoms with E-state index in [1.807, 2.05) is 0 Å². The summed E-state index contributed by atoms with van der Waals surface area (Å²) in [6, 6.07) is 2.14. The number of carbonyl (C=O) groups is 2. The fourth-order valence-corrected chi connectivity index (χ4v) is 1.64. The number of carboxylic acids is 1. The average molecular weight is 304 g/mol. The number of benzene rings is 1. The van der Waals surface area contributed by atoms with Gasteiger partial charge in [-0.05, 0) is 31.2 Å². The molecule has 0 aliphatic carbocycles. The van der Waals surface area contributed by atoms with Crippen LogP contribution in [-0.2, 0) is 11.0 Å². The van der Waals surface area contributed by atoms with Gasteiger partial charge in [0.2, 0.25) is 5.91 Å². The molecule has 5 nitrogen and oxygen atoms in total. The minimum atomic E-state index is -4.65. The van der Waals surface area contributed by atoms with Crippen molar-refractivity contribution in [2.45, 2.75) is 19.5 Å². The van der Waals surface area contributed by atoms with Crippen LogP contribution in [0, 0.1) is 5.92 Å². The van der Waals surface area contributed by atoms with Crippen LogP contribution in [0.4, 0.5) is 18.9 Å². The van der Waals surface area contributed by atoms with E-state index in [1.54, 1.807) is 6.92 Å². The molecule has 0 aliphatic rings. The molecule has 116 valence electrons. The Hall–Kier alpha value is -2.09. The van der Waals surface area contributed by atoms with Gasteiger partial charge in [-0.2, -0.15) is 13.2 Å². The Kier molecular flexibility index (Phi) is 5.31. The molecule has 0 spiro atoms. The lowest BCUT2D eigenvalue weighted by atomic mass is 10.1. The monoisotopic (exact) mass is 304 g/mol. The minimum absolute atomic E-state index is 0.177. The fourth-order valence-electron chi connectivity index (χ4n) is 1.64. The maximum atomic E-state index is 12.6. The molecule has 1 atom stereocenters. The summed E-state index contributed by atoms with van der Waals surface area (Å²) in [5, 5.41) is 11.3. The lowest BCUT2D eigenvalue weighted by molar-refractivity contribution is -0.137. The molecule has 1 aromatic rings. The molecule has 0 fully saturated rings. The van der Waals surface area contributed by atoms with Gasteiger partial charge in [0.15, 0.2) is 0 Å². The van der Waals surface area contributed by atoms with Gasteiger partial charge < -0.3 is 16.2 Å². The Balaban J connectivity index is 3.08. The predicted molar refractivity (Wildman–Crippen MR) is 69.9 cm³/mol. The molecule has 0 aliphatic heterocycles. The lowest BCUT2D eigenvalue weighted by Crippen LogP contribution is -2.24. The maximum Gasteiger partial charge on any atom is 0.416 e. The van der Waals surface area contributed by atoms with E-state index in [-0.39, 0.29) is 12.2 Å². The normalized spacial score (nSPS) is 12.8. The molecule has 1 rings (SSSR count). The molecule has 1 aromatic carbocycles. The summed E-state index contributed by atoms with van der Waals surface area (Å²) in [6.45, 7) is 1.86. The number of anilines is 1. The number of carboxylic acid groups (broad SMARTS) is 1. The Morgan fingerprint density at radius 1 is 1.38 bits per heavy atom. The van der Waals surface area contributed by atoms with Gasteiger partial charge in [0.1, 0.15) is 0 Å². The number of aromatic carboxylic acids is 1. The summed E-state index contributed by atoms with van der Waals surface area (Å²) in [5.41, 5.74) is 3.43. The molecule has 0 aromatic heterocycles. The molecule has 21 heavy (non-hydrogen) atoms. The Morgan fingerprint density at radius 2 is 2.00 bits per heavy atom. The first-order chi connectivity index (χ1) is 9.66. The second-order valence-electron chi connectivity index (χ2n) is 4.53. The third-order valence-electron chi connectivity index (χ3n) is 2.88. The largest absolute Gasteiger partial charge is 0.478 e. The van der Waals surface area contributed by atoms with Crippen molar-refractivity contribution in [3.8, 4) is 0 Å². The summed E-state index contributed by atoms with van der Waals surface area (Å²) >= 11 is 0. The van der Waals surface area contributed by atoms with Crippen LogP contribution in [0.15, 0.2) is 18.2 Å². The molecule has 1 amide bonds. The highest BCUT2D eigenvalue weighted by molar-refractivity contribution is 6.01. The van der Waals surface area contributed by atoms with Gasteiger partial charge in [-0.1, -0.05) is 6.92 Å². The molecule has 1 unspecified atom stereocenters. The number of nitrogens with two attached hydrogens (primary N) is 1. The van der Waals surface area contributed by atoms with E-state index in [1.165, 1.54) is 0 Å². The van der Waals surface area contributed by atoms with E-state index < -0.39 is 35.1 Å². The second-order valence-corrected chi connectivity index (χ2v) is 4.53. The van der Waals surface area contributed by atoms with Crippen LogP contribution >= 0.6 is 0 Å². The van der Waals surface area contributed by atoms with Gasteiger partial charge >= 0.3 is 12.1 Å². The van der Waals surface area contributed by atoms with Crippen molar-refractivity contribution in [3.63, 3.8) is 0 Å². The second kappa shape index (κ2) is 6.57. The summed E-state index contributed by atoms with van der Waals surface area (Å²) < 4.78 is 37.7. The van der Waals surface area contributed by atoms with Crippen molar-refractivity contribution >= 4 is 17.6 Å². The van der Waals surface area contributed by atoms with Crippen molar-refractivity contribution in [2.24, 2.45) is 11.7 Å². The zero-order valence-electron chi connectivity index (χ0n) is 11.2. The van der Waals surface area contributed by atoms with E-state index in [4.69, 9.17) is 10.8 Å². The van der Waals surface area contributed by atoms with Crippen LogP contribution in [0.1, 0.15) is 29.3 Å². The van der Waals surface area contributed by atoms with Gasteiger partial charge in [0.25, 0.3) is 0 Å². The maximum absolute atomic E-state index is 12.6. The summed E-state index contributed by atoms with van der Waals surface area (Å²) in [4.78, 5) is 22.8. The van der Waals surface area contributed by atoms with Crippen LogP contribution in [0.25, 0.3) is 0 Å². The highest BCUT2D eigenvalue weighted by atomic mass is 19.4. The first-order valence-corrected chi connectivity index (χ1v) is 6.12. The van der Waals surface area contributed by atoms with Crippen LogP contribution in [0.5, 0.6) is 0 Å². The quantitative estimate of drug-likeness (QED) is 0.778. The standard InChI is InChI=1S/C13H15F3N2O3/c1-7(4-5-17)11(19)18-10-3-2-8(13(14,15)16)6-9(10)12(20)21/h2-3,6-7H,4-5,17H2,1H3,(H,18,19)(H,20,21). The zero-order chi connectivity index (χ0) is 16.2. The van der Waals surface area contributed by atoms with E-state index in [9.17, 15) is 22.8 Å². The number of halogens is 3. The Bertz CT molecular complexity index is 544. The van der Waals surface area contributed by atoms with Crippen LogP contribution in [-0.4, -0.2) is 23.5 Å². The number of hydrogen-bond donors (Lipinski definition) is 3. The first-order valence-electron chi connectivity index (χ1n) is 6.12. The number of amides is 1. The fraction of sp³-hybridized carbons (Fsp3) is 0.385. The molecule has 0 saturated heterocycles. The van der Waals surface area contributed by atoms with Gasteiger partial charge in [-0.25, -0.2) is 4.79 Å². The zero-order valence-corrected chi connectivity index (χ0v) is 11.2. The molecule has 0 bridgehead atoms. The first kappa shape index (κ1) is 17.0. The molecule has 0 heterocycles. The van der Waals surface area contributed by atoms with E-state index >= 15 is 0 Å². The van der Waals surface area contributed by atoms with Crippen LogP contribution < -0.4 is 11.1 Å². The van der Waals surface area contributed by atoms with E-state index in [0.29, 0.717) is 12.5 Å². The predicted octanol–water partition coefficient (Wildman–Crippen LogP) is 2.33. The highest BCUT2D eigenvalue weighted by Crippen LogP contribution is 2.32. The van der Waals surface area contributed by atoms with Gasteiger partial charge in [-0.15, -0.1) is 0 Å². The van der Waals surface area contributed by atoms with Crippen molar-refractivity contribution in [2.75, 3.05) is 11.9 Å². The SMILES string of the molecule is CC(CCN)C(=O)Nc1ccc(C(F)(F)F)cc1C(=O)O. The van der Waals surface area contributed by atoms with Gasteiger partial charge in [-0.3, -0.25) is 4.79 Å². The van der Waals surface area contributed by atoms with Crippen molar-refractivity contribution in [1.82, 2.24) is 0 Å². The number of rotatable bonds is 5. The van der Waals surface area contributed by atoms with Gasteiger partial charge in [0.05, 0.1) is 16.8 Å². The van der Waals surface area contributed by atoms with Gasteiger partial charge in [0, 0.05) is 5.92 Å². The smallest absolute Gasteiger partial charge is 0.416 e. The molecule has 8 heteroatoms. The topological polar surface area (TPSA) is 92.4 Å².